The molecule has 0 aliphatic heterocycles. The van der Waals surface area contributed by atoms with E-state index in [0.717, 1.165) is 5.56 Å². The Hall–Kier alpha value is -2.77. The van der Waals surface area contributed by atoms with Gasteiger partial charge in [0.05, 0.1) is 17.2 Å². The molecule has 8 heteroatoms. The first-order valence-electron chi connectivity index (χ1n) is 6.30. The van der Waals surface area contributed by atoms with E-state index in [1.807, 2.05) is 13.8 Å². The third-order valence-electron chi connectivity index (χ3n) is 3.00. The first-order chi connectivity index (χ1) is 9.90. The number of hydrogen-bond acceptors (Lipinski definition) is 5. The maximum atomic E-state index is 11.1. The van der Waals surface area contributed by atoms with Crippen LogP contribution >= 0.6 is 0 Å². The van der Waals surface area contributed by atoms with Crippen molar-refractivity contribution in [1.29, 1.82) is 0 Å². The number of benzene rings is 1. The molecule has 21 heavy (non-hydrogen) atoms. The number of rotatable bonds is 5. The highest BCUT2D eigenvalue weighted by Gasteiger charge is 2.21. The molecule has 0 aliphatic rings. The van der Waals surface area contributed by atoms with Gasteiger partial charge in [0.15, 0.2) is 5.69 Å². The molecule has 0 fully saturated rings. The fourth-order valence-electron chi connectivity index (χ4n) is 2.06. The van der Waals surface area contributed by atoms with Crippen LogP contribution in [0, 0.1) is 10.1 Å². The predicted molar refractivity (Wildman–Crippen MR) is 73.3 cm³/mol. The Morgan fingerprint density at radius 3 is 2.48 bits per heavy atom. The molecule has 1 heterocycles. The predicted octanol–water partition coefficient (Wildman–Crippen LogP) is 2.06. The summed E-state index contributed by atoms with van der Waals surface area (Å²) in [6.07, 6.45) is 0. The Morgan fingerprint density at radius 2 is 2.00 bits per heavy atom. The lowest BCUT2D eigenvalue weighted by Gasteiger charge is -2.09. The minimum Gasteiger partial charge on any atom is -0.476 e. The Labute approximate surface area is 120 Å². The molecule has 2 rings (SSSR count). The lowest BCUT2D eigenvalue weighted by atomic mass is 10.1. The smallest absolute Gasteiger partial charge is 0.358 e. The second kappa shape index (κ2) is 5.70. The average molecular weight is 290 g/mol. The van der Waals surface area contributed by atoms with Gasteiger partial charge in [0.2, 0.25) is 0 Å². The minimum atomic E-state index is -1.12. The number of carboxylic acid groups (broad SMARTS) is 1. The molecule has 1 aromatic carbocycles. The highest BCUT2D eigenvalue weighted by molar-refractivity contribution is 5.86. The van der Waals surface area contributed by atoms with Crippen LogP contribution in [0.4, 0.5) is 5.69 Å². The second-order valence-corrected chi connectivity index (χ2v) is 4.86. The number of aromatic carboxylic acids is 1. The third-order valence-corrected chi connectivity index (χ3v) is 3.00. The summed E-state index contributed by atoms with van der Waals surface area (Å²) in [4.78, 5) is 21.3. The Morgan fingerprint density at radius 1 is 1.38 bits per heavy atom. The standard InChI is InChI=1S/C13H14N4O4/c1-8(2)12-11(13(18)19)14-15-16(12)7-9-3-5-10(6-4-9)17(20)21/h3-6,8H,7H2,1-2H3,(H,18,19). The molecule has 0 saturated carbocycles. The van der Waals surface area contributed by atoms with Crippen molar-refractivity contribution in [3.8, 4) is 0 Å². The van der Waals surface area contributed by atoms with Crippen LogP contribution in [0.5, 0.6) is 0 Å². The number of nitro benzene ring substituents is 1. The average Bonchev–Trinajstić information content (AvgIpc) is 2.83. The van der Waals surface area contributed by atoms with Gasteiger partial charge in [-0.25, -0.2) is 9.48 Å². The highest BCUT2D eigenvalue weighted by atomic mass is 16.6. The maximum absolute atomic E-state index is 11.1. The summed E-state index contributed by atoms with van der Waals surface area (Å²) >= 11 is 0. The van der Waals surface area contributed by atoms with Gasteiger partial charge in [-0.1, -0.05) is 31.2 Å². The van der Waals surface area contributed by atoms with Crippen LogP contribution in [-0.4, -0.2) is 31.0 Å². The first-order valence-corrected chi connectivity index (χ1v) is 6.30. The van der Waals surface area contributed by atoms with E-state index >= 15 is 0 Å². The number of carboxylic acids is 1. The number of hydrogen-bond donors (Lipinski definition) is 1. The van der Waals surface area contributed by atoms with Gasteiger partial charge in [-0.05, 0) is 11.5 Å². The van der Waals surface area contributed by atoms with Crippen LogP contribution in [0.3, 0.4) is 0 Å². The van der Waals surface area contributed by atoms with Crippen LogP contribution in [-0.2, 0) is 6.54 Å². The highest BCUT2D eigenvalue weighted by Crippen LogP contribution is 2.19. The van der Waals surface area contributed by atoms with Gasteiger partial charge in [-0.2, -0.15) is 0 Å². The van der Waals surface area contributed by atoms with E-state index < -0.39 is 10.9 Å². The summed E-state index contributed by atoms with van der Waals surface area (Å²) in [5.74, 6) is -1.17. The number of aromatic nitrogens is 3. The van der Waals surface area contributed by atoms with Crippen molar-refractivity contribution >= 4 is 11.7 Å². The van der Waals surface area contributed by atoms with Gasteiger partial charge in [0, 0.05) is 12.1 Å². The van der Waals surface area contributed by atoms with Crippen molar-refractivity contribution in [2.45, 2.75) is 26.3 Å². The fourth-order valence-corrected chi connectivity index (χ4v) is 2.06. The summed E-state index contributed by atoms with van der Waals surface area (Å²) in [6.45, 7) is 4.03. The SMILES string of the molecule is CC(C)c1c(C(=O)O)nnn1Cc1ccc([N+](=O)[O-])cc1. The van der Waals surface area contributed by atoms with E-state index in [1.165, 1.54) is 16.8 Å². The number of carbonyl (C=O) groups is 1. The van der Waals surface area contributed by atoms with E-state index in [9.17, 15) is 14.9 Å². The summed E-state index contributed by atoms with van der Waals surface area (Å²) < 4.78 is 1.51. The van der Waals surface area contributed by atoms with Crippen molar-refractivity contribution in [2.75, 3.05) is 0 Å². The lowest BCUT2D eigenvalue weighted by Crippen LogP contribution is -2.10. The van der Waals surface area contributed by atoms with E-state index in [0.29, 0.717) is 12.2 Å². The molecule has 0 radical (unpaired) electrons. The molecule has 1 N–H and O–H groups in total. The Bertz CT molecular complexity index is 676. The number of non-ortho nitro benzene ring substituents is 1. The molecule has 110 valence electrons. The van der Waals surface area contributed by atoms with Gasteiger partial charge < -0.3 is 5.11 Å². The van der Waals surface area contributed by atoms with Crippen LogP contribution in [0.2, 0.25) is 0 Å². The molecule has 0 aliphatic carbocycles. The van der Waals surface area contributed by atoms with Gasteiger partial charge in [-0.3, -0.25) is 10.1 Å². The monoisotopic (exact) mass is 290 g/mol. The largest absolute Gasteiger partial charge is 0.476 e. The molecule has 0 bridgehead atoms. The van der Waals surface area contributed by atoms with Crippen LogP contribution in [0.15, 0.2) is 24.3 Å². The normalized spacial score (nSPS) is 10.8. The van der Waals surface area contributed by atoms with E-state index in [1.54, 1.807) is 12.1 Å². The molecule has 8 nitrogen and oxygen atoms in total. The Kier molecular flexibility index (Phi) is 3.97. The number of nitro groups is 1. The summed E-state index contributed by atoms with van der Waals surface area (Å²) in [5, 5.41) is 27.3. The van der Waals surface area contributed by atoms with Crippen LogP contribution < -0.4 is 0 Å². The summed E-state index contributed by atoms with van der Waals surface area (Å²) in [7, 11) is 0. The lowest BCUT2D eigenvalue weighted by molar-refractivity contribution is -0.384. The van der Waals surface area contributed by atoms with Crippen LogP contribution in [0.1, 0.15) is 41.5 Å². The summed E-state index contributed by atoms with van der Waals surface area (Å²) in [6, 6.07) is 6.04. The zero-order chi connectivity index (χ0) is 15.6. The van der Waals surface area contributed by atoms with E-state index in [-0.39, 0.29) is 17.3 Å². The zero-order valence-corrected chi connectivity index (χ0v) is 11.6. The topological polar surface area (TPSA) is 111 Å². The molecule has 1 aromatic heterocycles. The molecule has 0 spiro atoms. The zero-order valence-electron chi connectivity index (χ0n) is 11.6. The molecule has 2 aromatic rings. The van der Waals surface area contributed by atoms with Gasteiger partial charge in [-0.15, -0.1) is 5.10 Å². The van der Waals surface area contributed by atoms with Crippen molar-refractivity contribution < 1.29 is 14.8 Å². The van der Waals surface area contributed by atoms with Crippen LogP contribution in [0.25, 0.3) is 0 Å². The minimum absolute atomic E-state index is 0.00708. The molecule has 0 saturated heterocycles. The molecule has 0 atom stereocenters. The molecule has 0 amide bonds. The fraction of sp³-hybridized carbons (Fsp3) is 0.308. The van der Waals surface area contributed by atoms with Crippen molar-refractivity contribution in [1.82, 2.24) is 15.0 Å². The van der Waals surface area contributed by atoms with Gasteiger partial charge in [0.1, 0.15) is 0 Å². The second-order valence-electron chi connectivity index (χ2n) is 4.86. The molecular weight excluding hydrogens is 276 g/mol. The van der Waals surface area contributed by atoms with Gasteiger partial charge >= 0.3 is 5.97 Å². The van der Waals surface area contributed by atoms with Crippen molar-refractivity contribution in [3.63, 3.8) is 0 Å². The Balaban J connectivity index is 2.31. The van der Waals surface area contributed by atoms with E-state index in [2.05, 4.69) is 10.3 Å². The van der Waals surface area contributed by atoms with Crippen molar-refractivity contribution in [2.24, 2.45) is 0 Å². The molecular formula is C13H14N4O4. The maximum Gasteiger partial charge on any atom is 0.358 e. The van der Waals surface area contributed by atoms with E-state index in [4.69, 9.17) is 5.11 Å². The number of nitrogens with zero attached hydrogens (tertiary/aromatic N) is 4. The van der Waals surface area contributed by atoms with Gasteiger partial charge in [0.25, 0.3) is 5.69 Å². The molecule has 0 unspecified atom stereocenters. The van der Waals surface area contributed by atoms with Crippen molar-refractivity contribution in [3.05, 3.63) is 51.3 Å². The third kappa shape index (κ3) is 3.04. The quantitative estimate of drug-likeness (QED) is 0.666. The first kappa shape index (κ1) is 14.6. The summed E-state index contributed by atoms with van der Waals surface area (Å²) in [5.41, 5.74) is 1.25.